The molecule has 18 heavy (non-hydrogen) atoms. The molecule has 1 aromatic rings. The number of aryl methyl sites for hydroxylation is 1. The molecule has 1 aliphatic heterocycles. The molecule has 1 aromatic carbocycles. The fraction of sp³-hybridized carbons (Fsp3) is 0.600. The molecule has 0 amide bonds. The van der Waals surface area contributed by atoms with Crippen LogP contribution in [-0.2, 0) is 6.54 Å². The molecule has 0 radical (unpaired) electrons. The van der Waals surface area contributed by atoms with E-state index in [9.17, 15) is 9.50 Å². The first-order valence-corrected chi connectivity index (χ1v) is 6.71. The predicted molar refractivity (Wildman–Crippen MR) is 70.8 cm³/mol. The van der Waals surface area contributed by atoms with Gasteiger partial charge in [-0.05, 0) is 45.2 Å². The summed E-state index contributed by atoms with van der Waals surface area (Å²) in [5.41, 5.74) is 1.86. The van der Waals surface area contributed by atoms with Gasteiger partial charge in [-0.1, -0.05) is 17.7 Å². The minimum Gasteiger partial charge on any atom is -0.393 e. The van der Waals surface area contributed by atoms with E-state index in [-0.39, 0.29) is 11.9 Å². The zero-order valence-electron chi connectivity index (χ0n) is 11.2. The van der Waals surface area contributed by atoms with Crippen molar-refractivity contribution in [2.24, 2.45) is 5.92 Å². The highest BCUT2D eigenvalue weighted by molar-refractivity contribution is 5.24. The summed E-state index contributed by atoms with van der Waals surface area (Å²) in [4.78, 5) is 2.25. The van der Waals surface area contributed by atoms with E-state index >= 15 is 0 Å². The number of likely N-dealkylation sites (tertiary alicyclic amines) is 1. The lowest BCUT2D eigenvalue weighted by Crippen LogP contribution is -2.39. The molecule has 0 bridgehead atoms. The number of aliphatic hydroxyl groups excluding tert-OH is 1. The van der Waals surface area contributed by atoms with Crippen molar-refractivity contribution >= 4 is 0 Å². The van der Waals surface area contributed by atoms with Gasteiger partial charge in [0.05, 0.1) is 6.10 Å². The van der Waals surface area contributed by atoms with Crippen LogP contribution in [0.2, 0.25) is 0 Å². The maximum Gasteiger partial charge on any atom is 0.127 e. The summed E-state index contributed by atoms with van der Waals surface area (Å²) in [5.74, 6) is 0.200. The first-order valence-electron chi connectivity index (χ1n) is 6.71. The number of aliphatic hydroxyl groups is 1. The molecular formula is C15H22FNO. The van der Waals surface area contributed by atoms with Gasteiger partial charge in [-0.15, -0.1) is 0 Å². The van der Waals surface area contributed by atoms with Crippen molar-refractivity contribution in [2.45, 2.75) is 39.3 Å². The Bertz CT molecular complexity index is 405. The van der Waals surface area contributed by atoms with Crippen LogP contribution in [0.15, 0.2) is 18.2 Å². The van der Waals surface area contributed by atoms with Crippen LogP contribution in [0.5, 0.6) is 0 Å². The van der Waals surface area contributed by atoms with Crippen LogP contribution in [0.3, 0.4) is 0 Å². The van der Waals surface area contributed by atoms with E-state index < -0.39 is 0 Å². The zero-order chi connectivity index (χ0) is 13.1. The van der Waals surface area contributed by atoms with Gasteiger partial charge >= 0.3 is 0 Å². The minimum atomic E-state index is -0.268. The number of hydrogen-bond acceptors (Lipinski definition) is 2. The van der Waals surface area contributed by atoms with E-state index in [1.165, 1.54) is 0 Å². The standard InChI is InChI=1S/C15H22FNO/c1-11-5-6-15(16)14(8-11)10-17-7-3-4-13(9-17)12(2)18/h5-6,8,12-13,18H,3-4,7,9-10H2,1-2H3/t12-,13+/m1/s1. The molecule has 1 aliphatic rings. The fourth-order valence-electron chi connectivity index (χ4n) is 2.69. The van der Waals surface area contributed by atoms with Crippen LogP contribution < -0.4 is 0 Å². The summed E-state index contributed by atoms with van der Waals surface area (Å²) in [6, 6.07) is 5.26. The minimum absolute atomic E-state index is 0.125. The smallest absolute Gasteiger partial charge is 0.127 e. The highest BCUT2D eigenvalue weighted by Crippen LogP contribution is 2.22. The Morgan fingerprint density at radius 3 is 3.00 bits per heavy atom. The lowest BCUT2D eigenvalue weighted by Gasteiger charge is -2.34. The van der Waals surface area contributed by atoms with E-state index in [0.717, 1.165) is 37.1 Å². The number of halogens is 1. The molecule has 3 heteroatoms. The van der Waals surface area contributed by atoms with Gasteiger partial charge in [0, 0.05) is 18.7 Å². The van der Waals surface area contributed by atoms with Gasteiger partial charge in [-0.25, -0.2) is 4.39 Å². The van der Waals surface area contributed by atoms with Crippen LogP contribution >= 0.6 is 0 Å². The largest absolute Gasteiger partial charge is 0.393 e. The summed E-state index contributed by atoms with van der Waals surface area (Å²) in [6.45, 7) is 6.34. The number of nitrogens with zero attached hydrogens (tertiary/aromatic N) is 1. The molecule has 100 valence electrons. The lowest BCUT2D eigenvalue weighted by atomic mass is 9.93. The first kappa shape index (κ1) is 13.5. The second-order valence-corrected chi connectivity index (χ2v) is 5.47. The van der Waals surface area contributed by atoms with Gasteiger partial charge in [-0.2, -0.15) is 0 Å². The van der Waals surface area contributed by atoms with Gasteiger partial charge in [0.1, 0.15) is 5.82 Å². The van der Waals surface area contributed by atoms with Gasteiger partial charge in [0.15, 0.2) is 0 Å². The molecule has 1 heterocycles. The molecule has 0 aromatic heterocycles. The molecule has 2 rings (SSSR count). The summed E-state index contributed by atoms with van der Waals surface area (Å²) in [5, 5.41) is 9.66. The van der Waals surface area contributed by atoms with Crippen molar-refractivity contribution in [3.8, 4) is 0 Å². The van der Waals surface area contributed by atoms with E-state index in [1.807, 2.05) is 19.9 Å². The van der Waals surface area contributed by atoms with E-state index in [0.29, 0.717) is 12.5 Å². The van der Waals surface area contributed by atoms with Crippen LogP contribution in [0, 0.1) is 18.7 Å². The van der Waals surface area contributed by atoms with Crippen LogP contribution in [0.4, 0.5) is 4.39 Å². The molecule has 0 spiro atoms. The average molecular weight is 251 g/mol. The molecule has 2 atom stereocenters. The molecule has 0 unspecified atom stereocenters. The van der Waals surface area contributed by atoms with Crippen molar-refractivity contribution in [1.29, 1.82) is 0 Å². The Labute approximate surface area is 108 Å². The number of hydrogen-bond donors (Lipinski definition) is 1. The molecule has 0 aliphatic carbocycles. The Morgan fingerprint density at radius 1 is 1.50 bits per heavy atom. The predicted octanol–water partition coefficient (Wildman–Crippen LogP) is 2.73. The normalized spacial score (nSPS) is 23.0. The third kappa shape index (κ3) is 3.30. The third-order valence-electron chi connectivity index (χ3n) is 3.82. The molecule has 1 saturated heterocycles. The number of rotatable bonds is 3. The second-order valence-electron chi connectivity index (χ2n) is 5.47. The summed E-state index contributed by atoms with van der Waals surface area (Å²) in [6.07, 6.45) is 1.89. The van der Waals surface area contributed by atoms with E-state index in [1.54, 1.807) is 12.1 Å². The fourth-order valence-corrected chi connectivity index (χ4v) is 2.69. The Hall–Kier alpha value is -0.930. The van der Waals surface area contributed by atoms with Gasteiger partial charge < -0.3 is 5.11 Å². The topological polar surface area (TPSA) is 23.5 Å². The summed E-state index contributed by atoms with van der Waals surface area (Å²) >= 11 is 0. The van der Waals surface area contributed by atoms with Crippen molar-refractivity contribution < 1.29 is 9.50 Å². The van der Waals surface area contributed by atoms with Crippen LogP contribution in [0.25, 0.3) is 0 Å². The van der Waals surface area contributed by atoms with Gasteiger partial charge in [-0.3, -0.25) is 4.90 Å². The van der Waals surface area contributed by atoms with Gasteiger partial charge in [0.2, 0.25) is 0 Å². The molecule has 1 N–H and O–H groups in total. The molecular weight excluding hydrogens is 229 g/mol. The highest BCUT2D eigenvalue weighted by atomic mass is 19.1. The maximum atomic E-state index is 13.7. The highest BCUT2D eigenvalue weighted by Gasteiger charge is 2.23. The number of piperidine rings is 1. The van der Waals surface area contributed by atoms with E-state index in [2.05, 4.69) is 4.90 Å². The van der Waals surface area contributed by atoms with Crippen molar-refractivity contribution in [3.05, 3.63) is 35.1 Å². The third-order valence-corrected chi connectivity index (χ3v) is 3.82. The van der Waals surface area contributed by atoms with Crippen LogP contribution in [0.1, 0.15) is 30.9 Å². The average Bonchev–Trinajstić information content (AvgIpc) is 2.34. The van der Waals surface area contributed by atoms with Crippen molar-refractivity contribution in [1.82, 2.24) is 4.90 Å². The summed E-state index contributed by atoms with van der Waals surface area (Å²) in [7, 11) is 0. The summed E-state index contributed by atoms with van der Waals surface area (Å²) < 4.78 is 13.7. The quantitative estimate of drug-likeness (QED) is 0.893. The lowest BCUT2D eigenvalue weighted by molar-refractivity contribution is 0.0595. The molecule has 1 fully saturated rings. The second kappa shape index (κ2) is 5.81. The van der Waals surface area contributed by atoms with E-state index in [4.69, 9.17) is 0 Å². The first-order chi connectivity index (χ1) is 8.56. The van der Waals surface area contributed by atoms with Crippen molar-refractivity contribution in [2.75, 3.05) is 13.1 Å². The maximum absolute atomic E-state index is 13.7. The van der Waals surface area contributed by atoms with Gasteiger partial charge in [0.25, 0.3) is 0 Å². The Kier molecular flexibility index (Phi) is 4.36. The zero-order valence-corrected chi connectivity index (χ0v) is 11.2. The van der Waals surface area contributed by atoms with Crippen LogP contribution in [-0.4, -0.2) is 29.2 Å². The molecule has 0 saturated carbocycles. The number of benzene rings is 1. The Morgan fingerprint density at radius 2 is 2.28 bits per heavy atom. The van der Waals surface area contributed by atoms with Crippen molar-refractivity contribution in [3.63, 3.8) is 0 Å². The molecule has 2 nitrogen and oxygen atoms in total. The Balaban J connectivity index is 2.02. The monoisotopic (exact) mass is 251 g/mol. The SMILES string of the molecule is Cc1ccc(F)c(CN2CCC[C@H]([C@@H](C)O)C2)c1.